The van der Waals surface area contributed by atoms with Gasteiger partial charge in [-0.1, -0.05) is 19.9 Å². The Morgan fingerprint density at radius 3 is 2.47 bits per heavy atom. The zero-order chi connectivity index (χ0) is 22.7. The van der Waals surface area contributed by atoms with Gasteiger partial charge in [-0.15, -0.1) is 0 Å². The van der Waals surface area contributed by atoms with Crippen molar-refractivity contribution in [2.75, 3.05) is 19.0 Å². The van der Waals surface area contributed by atoms with Crippen molar-refractivity contribution >= 4 is 29.0 Å². The molecule has 2 aromatic rings. The largest absolute Gasteiger partial charge is 0.397 e. The maximum atomic E-state index is 12.2. The van der Waals surface area contributed by atoms with E-state index in [2.05, 4.69) is 31.7 Å². The van der Waals surface area contributed by atoms with Crippen LogP contribution in [0.25, 0.3) is 5.70 Å². The number of aromatic nitrogens is 2. The van der Waals surface area contributed by atoms with E-state index in [0.29, 0.717) is 11.6 Å². The Kier molecular flexibility index (Phi) is 10.2. The van der Waals surface area contributed by atoms with Crippen LogP contribution in [-0.4, -0.2) is 46.4 Å². The highest BCUT2D eigenvalue weighted by Crippen LogP contribution is 2.18. The van der Waals surface area contributed by atoms with Gasteiger partial charge in [-0.3, -0.25) is 9.79 Å². The lowest BCUT2D eigenvalue weighted by atomic mass is 10.1. The Morgan fingerprint density at radius 1 is 1.27 bits per heavy atom. The first kappa shape index (κ1) is 24.8. The normalized spacial score (nSPS) is 12.5. The van der Waals surface area contributed by atoms with Gasteiger partial charge in [0.1, 0.15) is 5.71 Å². The molecule has 1 heterocycles. The van der Waals surface area contributed by atoms with Gasteiger partial charge < -0.3 is 21.5 Å². The maximum Gasteiger partial charge on any atom is 0.269 e. The summed E-state index contributed by atoms with van der Waals surface area (Å²) in [6, 6.07) is 7.34. The van der Waals surface area contributed by atoms with E-state index in [1.807, 2.05) is 39.8 Å². The number of nitrogens with two attached hydrogens (primary N) is 1. The number of aryl methyl sites for hydroxylation is 2. The van der Waals surface area contributed by atoms with E-state index in [4.69, 9.17) is 10.8 Å². The summed E-state index contributed by atoms with van der Waals surface area (Å²) in [5.41, 5.74) is 10.1. The molecular formula is C22H32N6O2. The second kappa shape index (κ2) is 12.3. The molecule has 0 aliphatic heterocycles. The molecule has 0 aliphatic rings. The van der Waals surface area contributed by atoms with Crippen molar-refractivity contribution in [3.63, 3.8) is 0 Å². The summed E-state index contributed by atoms with van der Waals surface area (Å²) in [4.78, 5) is 24.8. The van der Waals surface area contributed by atoms with Gasteiger partial charge in [0.2, 0.25) is 5.95 Å². The highest BCUT2D eigenvalue weighted by atomic mass is 16.3. The fourth-order valence-corrected chi connectivity index (χ4v) is 2.55. The summed E-state index contributed by atoms with van der Waals surface area (Å²) >= 11 is 0. The number of nitrogens with zero attached hydrogens (tertiary/aromatic N) is 3. The molecule has 1 unspecified atom stereocenters. The van der Waals surface area contributed by atoms with Gasteiger partial charge in [0.05, 0.1) is 18.0 Å². The molecular weight excluding hydrogens is 380 g/mol. The molecule has 8 nitrogen and oxygen atoms in total. The molecule has 2 rings (SSSR count). The fraction of sp³-hybridized carbons (Fsp3) is 0.364. The molecule has 1 atom stereocenters. The molecule has 1 amide bonds. The summed E-state index contributed by atoms with van der Waals surface area (Å²) in [6.07, 6.45) is 3.03. The highest BCUT2D eigenvalue weighted by molar-refractivity contribution is 6.44. The number of hydrogen-bond acceptors (Lipinski definition) is 7. The van der Waals surface area contributed by atoms with Crippen molar-refractivity contribution < 1.29 is 9.90 Å². The average molecular weight is 413 g/mol. The van der Waals surface area contributed by atoms with Gasteiger partial charge in [0.25, 0.3) is 5.91 Å². The SMILES string of the molecule is CC.CN=C(/C=C(\N)c1ccnc(Nc2cc(C)cc(C)c2)n1)C(=O)NC(C)CO. The van der Waals surface area contributed by atoms with E-state index in [-0.39, 0.29) is 24.1 Å². The molecule has 1 aromatic carbocycles. The molecule has 5 N–H and O–H groups in total. The Bertz CT molecular complexity index is 888. The molecule has 1 aromatic heterocycles. The fourth-order valence-electron chi connectivity index (χ4n) is 2.55. The zero-order valence-corrected chi connectivity index (χ0v) is 18.5. The van der Waals surface area contributed by atoms with Crippen molar-refractivity contribution in [1.82, 2.24) is 15.3 Å². The van der Waals surface area contributed by atoms with E-state index in [9.17, 15) is 4.79 Å². The number of hydrogen-bond donors (Lipinski definition) is 4. The third-order valence-corrected chi connectivity index (χ3v) is 3.85. The molecule has 0 saturated heterocycles. The standard InChI is InChI=1S/C20H26N6O2.C2H6/c1-12-7-13(2)9-15(8-12)25-20-23-6-5-17(26-20)16(21)10-18(22-4)19(28)24-14(3)11-27;1-2/h5-10,14,27H,11,21H2,1-4H3,(H,24,28)(H,23,25,26);1-2H3/b16-10-,22-18?;. The van der Waals surface area contributed by atoms with Crippen molar-refractivity contribution in [3.8, 4) is 0 Å². The summed E-state index contributed by atoms with van der Waals surface area (Å²) in [5, 5.41) is 14.9. The van der Waals surface area contributed by atoms with Crippen LogP contribution < -0.4 is 16.4 Å². The van der Waals surface area contributed by atoms with Crippen LogP contribution >= 0.6 is 0 Å². The second-order valence-corrected chi connectivity index (χ2v) is 6.53. The molecule has 0 spiro atoms. The van der Waals surface area contributed by atoms with Crippen LogP contribution in [0.2, 0.25) is 0 Å². The summed E-state index contributed by atoms with van der Waals surface area (Å²) in [6.45, 7) is 9.56. The monoisotopic (exact) mass is 412 g/mol. The highest BCUT2D eigenvalue weighted by Gasteiger charge is 2.13. The average Bonchev–Trinajstić information content (AvgIpc) is 2.72. The third-order valence-electron chi connectivity index (χ3n) is 3.85. The van der Waals surface area contributed by atoms with Gasteiger partial charge in [-0.2, -0.15) is 0 Å². The van der Waals surface area contributed by atoms with Gasteiger partial charge >= 0.3 is 0 Å². The Hall–Kier alpha value is -3.26. The number of aliphatic imine (C=N–C) groups is 1. The van der Waals surface area contributed by atoms with Crippen molar-refractivity contribution in [2.24, 2.45) is 10.7 Å². The van der Waals surface area contributed by atoms with Crippen molar-refractivity contribution in [3.05, 3.63) is 53.4 Å². The van der Waals surface area contributed by atoms with Crippen LogP contribution in [0.4, 0.5) is 11.6 Å². The molecule has 0 fully saturated rings. The first-order chi connectivity index (χ1) is 14.3. The van der Waals surface area contributed by atoms with Gasteiger partial charge in [0, 0.05) is 25.0 Å². The minimum Gasteiger partial charge on any atom is -0.397 e. The summed E-state index contributed by atoms with van der Waals surface area (Å²) < 4.78 is 0. The number of benzene rings is 1. The van der Waals surface area contributed by atoms with Gasteiger partial charge in [-0.05, 0) is 56.2 Å². The zero-order valence-electron chi connectivity index (χ0n) is 18.5. The molecule has 30 heavy (non-hydrogen) atoms. The minimum absolute atomic E-state index is 0.139. The Labute approximate surface area is 178 Å². The molecule has 0 radical (unpaired) electrons. The van der Waals surface area contributed by atoms with E-state index in [1.54, 1.807) is 19.2 Å². The predicted molar refractivity (Wildman–Crippen MR) is 123 cm³/mol. The molecule has 162 valence electrons. The van der Waals surface area contributed by atoms with E-state index in [0.717, 1.165) is 16.8 Å². The topological polar surface area (TPSA) is 126 Å². The van der Waals surface area contributed by atoms with Crippen LogP contribution in [0.3, 0.4) is 0 Å². The number of aliphatic hydroxyl groups is 1. The number of anilines is 2. The van der Waals surface area contributed by atoms with Gasteiger partial charge in [-0.25, -0.2) is 9.97 Å². The lowest BCUT2D eigenvalue weighted by Gasteiger charge is -2.11. The second-order valence-electron chi connectivity index (χ2n) is 6.53. The number of aliphatic hydroxyl groups excluding tert-OH is 1. The summed E-state index contributed by atoms with van der Waals surface area (Å²) in [7, 11) is 1.50. The van der Waals surface area contributed by atoms with Crippen molar-refractivity contribution in [1.29, 1.82) is 0 Å². The number of amides is 1. The number of carbonyl (C=O) groups is 1. The number of nitrogens with one attached hydrogen (secondary N) is 2. The van der Waals surface area contributed by atoms with Crippen LogP contribution in [0, 0.1) is 13.8 Å². The quantitative estimate of drug-likeness (QED) is 0.518. The van der Waals surface area contributed by atoms with Crippen molar-refractivity contribution in [2.45, 2.75) is 40.7 Å². The number of rotatable bonds is 7. The lowest BCUT2D eigenvalue weighted by Crippen LogP contribution is -2.39. The Morgan fingerprint density at radius 2 is 1.90 bits per heavy atom. The van der Waals surface area contributed by atoms with E-state index < -0.39 is 5.91 Å². The first-order valence-corrected chi connectivity index (χ1v) is 9.86. The maximum absolute atomic E-state index is 12.2. The third kappa shape index (κ3) is 7.63. The van der Waals surface area contributed by atoms with Crippen LogP contribution in [0.1, 0.15) is 37.6 Å². The van der Waals surface area contributed by atoms with Crippen LogP contribution in [-0.2, 0) is 4.79 Å². The van der Waals surface area contributed by atoms with E-state index >= 15 is 0 Å². The van der Waals surface area contributed by atoms with Crippen LogP contribution in [0.15, 0.2) is 41.5 Å². The molecule has 0 aliphatic carbocycles. The predicted octanol–water partition coefficient (Wildman–Crippen LogP) is 2.73. The molecule has 8 heteroatoms. The molecule has 0 saturated carbocycles. The molecule has 0 bridgehead atoms. The number of carbonyl (C=O) groups excluding carboxylic acids is 1. The van der Waals surface area contributed by atoms with Gasteiger partial charge in [0.15, 0.2) is 0 Å². The Balaban J connectivity index is 0.00000218. The summed E-state index contributed by atoms with van der Waals surface area (Å²) in [5.74, 6) is -0.0261. The first-order valence-electron chi connectivity index (χ1n) is 9.86. The smallest absolute Gasteiger partial charge is 0.269 e. The van der Waals surface area contributed by atoms with Crippen LogP contribution in [0.5, 0.6) is 0 Å². The van der Waals surface area contributed by atoms with E-state index in [1.165, 1.54) is 13.1 Å². The minimum atomic E-state index is -0.422. The lowest BCUT2D eigenvalue weighted by molar-refractivity contribution is -0.115.